The topological polar surface area (TPSA) is 37.8 Å². The van der Waals surface area contributed by atoms with Gasteiger partial charge in [0.1, 0.15) is 12.1 Å². The second-order valence-electron chi connectivity index (χ2n) is 4.16. The number of rotatable bonds is 5. The first kappa shape index (κ1) is 14.1. The second-order valence-corrected chi connectivity index (χ2v) is 4.95. The molecule has 0 spiro atoms. The molecule has 0 saturated heterocycles. The van der Waals surface area contributed by atoms with E-state index in [2.05, 4.69) is 31.2 Å². The molecule has 1 heterocycles. The molecule has 0 aliphatic heterocycles. The van der Waals surface area contributed by atoms with Gasteiger partial charge in [-0.25, -0.2) is 14.4 Å². The van der Waals surface area contributed by atoms with Gasteiger partial charge in [-0.05, 0) is 46.6 Å². The smallest absolute Gasteiger partial charge is 0.137 e. The lowest BCUT2D eigenvalue weighted by Gasteiger charge is -2.18. The molecule has 3 nitrogen and oxygen atoms in total. The van der Waals surface area contributed by atoms with Gasteiger partial charge >= 0.3 is 0 Å². The number of halogens is 2. The van der Waals surface area contributed by atoms with Crippen molar-refractivity contribution in [3.05, 3.63) is 58.3 Å². The van der Waals surface area contributed by atoms with Crippen LogP contribution in [-0.4, -0.2) is 16.5 Å². The molecule has 0 aliphatic carbocycles. The van der Waals surface area contributed by atoms with E-state index < -0.39 is 0 Å². The van der Waals surface area contributed by atoms with Crippen molar-refractivity contribution >= 4 is 15.9 Å². The van der Waals surface area contributed by atoms with Crippen LogP contribution in [0.5, 0.6) is 0 Å². The first-order valence-corrected chi connectivity index (χ1v) is 6.94. The van der Waals surface area contributed by atoms with Crippen LogP contribution in [0.4, 0.5) is 4.39 Å². The molecule has 0 saturated carbocycles. The maximum Gasteiger partial charge on any atom is 0.137 e. The fourth-order valence-corrected chi connectivity index (χ4v) is 2.39. The molecule has 0 bridgehead atoms. The molecule has 1 atom stereocenters. The number of hydrogen-bond donors (Lipinski definition) is 1. The van der Waals surface area contributed by atoms with E-state index >= 15 is 0 Å². The van der Waals surface area contributed by atoms with Gasteiger partial charge in [0.15, 0.2) is 0 Å². The van der Waals surface area contributed by atoms with Crippen LogP contribution in [0.25, 0.3) is 0 Å². The van der Waals surface area contributed by atoms with Gasteiger partial charge in [-0.1, -0.05) is 19.1 Å². The van der Waals surface area contributed by atoms with Crippen LogP contribution in [0.1, 0.15) is 24.2 Å². The lowest BCUT2D eigenvalue weighted by molar-refractivity contribution is 0.531. The van der Waals surface area contributed by atoms with Crippen molar-refractivity contribution < 1.29 is 4.39 Å². The number of nitrogens with one attached hydrogen (secondary N) is 1. The highest BCUT2D eigenvalue weighted by atomic mass is 79.9. The van der Waals surface area contributed by atoms with E-state index in [0.29, 0.717) is 10.9 Å². The molecular weight excluding hydrogens is 309 g/mol. The molecule has 0 radical (unpaired) electrons. The first-order chi connectivity index (χ1) is 9.22. The monoisotopic (exact) mass is 323 g/mol. The highest BCUT2D eigenvalue weighted by molar-refractivity contribution is 9.10. The Balaban J connectivity index is 2.24. The van der Waals surface area contributed by atoms with Crippen LogP contribution in [-0.2, 0) is 6.42 Å². The Morgan fingerprint density at radius 3 is 2.89 bits per heavy atom. The minimum Gasteiger partial charge on any atom is -0.309 e. The van der Waals surface area contributed by atoms with E-state index in [0.717, 1.165) is 17.8 Å². The summed E-state index contributed by atoms with van der Waals surface area (Å²) < 4.78 is 14.0. The average Bonchev–Trinajstić information content (AvgIpc) is 2.44. The number of hydrogen-bond acceptors (Lipinski definition) is 3. The van der Waals surface area contributed by atoms with E-state index in [-0.39, 0.29) is 11.9 Å². The van der Waals surface area contributed by atoms with Gasteiger partial charge in [-0.15, -0.1) is 0 Å². The van der Waals surface area contributed by atoms with Gasteiger partial charge in [0.2, 0.25) is 0 Å². The lowest BCUT2D eigenvalue weighted by atomic mass is 10.0. The Kier molecular flexibility index (Phi) is 4.99. The van der Waals surface area contributed by atoms with Crippen molar-refractivity contribution in [2.45, 2.75) is 19.4 Å². The van der Waals surface area contributed by atoms with Crippen LogP contribution in [0.3, 0.4) is 0 Å². The molecule has 0 fully saturated rings. The molecule has 19 heavy (non-hydrogen) atoms. The van der Waals surface area contributed by atoms with E-state index in [9.17, 15) is 4.39 Å². The third-order valence-electron chi connectivity index (χ3n) is 2.87. The highest BCUT2D eigenvalue weighted by Gasteiger charge is 2.15. The summed E-state index contributed by atoms with van der Waals surface area (Å²) in [7, 11) is 0. The quantitative estimate of drug-likeness (QED) is 0.917. The third-order valence-corrected chi connectivity index (χ3v) is 3.76. The van der Waals surface area contributed by atoms with Gasteiger partial charge in [-0.3, -0.25) is 0 Å². The van der Waals surface area contributed by atoms with Crippen LogP contribution >= 0.6 is 15.9 Å². The summed E-state index contributed by atoms with van der Waals surface area (Å²) in [5.74, 6) is -0.240. The molecule has 0 aliphatic rings. The summed E-state index contributed by atoms with van der Waals surface area (Å²) in [5, 5.41) is 3.36. The summed E-state index contributed by atoms with van der Waals surface area (Å²) in [6.45, 7) is 2.86. The molecule has 5 heteroatoms. The Bertz CT molecular complexity index is 533. The average molecular weight is 324 g/mol. The molecule has 2 rings (SSSR count). The predicted octanol–water partition coefficient (Wildman–Crippen LogP) is 3.27. The van der Waals surface area contributed by atoms with Gasteiger partial charge in [0.05, 0.1) is 16.2 Å². The van der Waals surface area contributed by atoms with E-state index in [1.165, 1.54) is 12.4 Å². The normalized spacial score (nSPS) is 12.4. The zero-order chi connectivity index (χ0) is 13.7. The van der Waals surface area contributed by atoms with Gasteiger partial charge in [0.25, 0.3) is 0 Å². The summed E-state index contributed by atoms with van der Waals surface area (Å²) in [5.41, 5.74) is 1.83. The minimum atomic E-state index is -0.240. The SMILES string of the molecule is CCNC(Cc1cccc(F)c1Br)c1ccncn1. The number of benzene rings is 1. The van der Waals surface area contributed by atoms with Crippen molar-refractivity contribution in [3.8, 4) is 0 Å². The minimum absolute atomic E-state index is 0.0473. The van der Waals surface area contributed by atoms with Gasteiger partial charge in [-0.2, -0.15) is 0 Å². The van der Waals surface area contributed by atoms with Gasteiger partial charge in [0, 0.05) is 6.20 Å². The van der Waals surface area contributed by atoms with Crippen LogP contribution in [0.15, 0.2) is 41.3 Å². The number of likely N-dealkylation sites (N-methyl/N-ethyl adjacent to an activating group) is 1. The van der Waals surface area contributed by atoms with Crippen molar-refractivity contribution in [1.82, 2.24) is 15.3 Å². The predicted molar refractivity (Wildman–Crippen MR) is 76.3 cm³/mol. The second kappa shape index (κ2) is 6.73. The van der Waals surface area contributed by atoms with Crippen LogP contribution in [0.2, 0.25) is 0 Å². The van der Waals surface area contributed by atoms with Crippen molar-refractivity contribution in [2.24, 2.45) is 0 Å². The van der Waals surface area contributed by atoms with Crippen molar-refractivity contribution in [3.63, 3.8) is 0 Å². The van der Waals surface area contributed by atoms with Crippen molar-refractivity contribution in [2.75, 3.05) is 6.54 Å². The van der Waals surface area contributed by atoms with E-state index in [1.54, 1.807) is 12.3 Å². The Morgan fingerprint density at radius 1 is 1.37 bits per heavy atom. The van der Waals surface area contributed by atoms with Crippen LogP contribution in [0, 0.1) is 5.82 Å². The molecule has 2 aromatic rings. The molecule has 1 aromatic carbocycles. The lowest BCUT2D eigenvalue weighted by Crippen LogP contribution is -2.24. The van der Waals surface area contributed by atoms with E-state index in [1.807, 2.05) is 19.1 Å². The summed E-state index contributed by atoms with van der Waals surface area (Å²) in [4.78, 5) is 8.18. The van der Waals surface area contributed by atoms with Crippen molar-refractivity contribution in [1.29, 1.82) is 0 Å². The highest BCUT2D eigenvalue weighted by Crippen LogP contribution is 2.25. The summed E-state index contributed by atoms with van der Waals surface area (Å²) in [6, 6.07) is 7.00. The molecule has 0 amide bonds. The Hall–Kier alpha value is -1.33. The summed E-state index contributed by atoms with van der Waals surface area (Å²) >= 11 is 3.30. The number of nitrogens with zero attached hydrogens (tertiary/aromatic N) is 2. The number of aromatic nitrogens is 2. The standard InChI is InChI=1S/C14H15BrFN3/c1-2-18-13(12-6-7-17-9-19-12)8-10-4-3-5-11(16)14(10)15/h3-7,9,13,18H,2,8H2,1H3. The Labute approximate surface area is 120 Å². The molecule has 1 unspecified atom stereocenters. The molecule has 1 aromatic heterocycles. The zero-order valence-corrected chi connectivity index (χ0v) is 12.2. The third kappa shape index (κ3) is 3.58. The maximum atomic E-state index is 13.5. The Morgan fingerprint density at radius 2 is 2.21 bits per heavy atom. The molecule has 100 valence electrons. The van der Waals surface area contributed by atoms with E-state index in [4.69, 9.17) is 0 Å². The largest absolute Gasteiger partial charge is 0.309 e. The fraction of sp³-hybridized carbons (Fsp3) is 0.286. The summed E-state index contributed by atoms with van der Waals surface area (Å²) in [6.07, 6.45) is 3.91. The van der Waals surface area contributed by atoms with Crippen LogP contribution < -0.4 is 5.32 Å². The first-order valence-electron chi connectivity index (χ1n) is 6.14. The fourth-order valence-electron chi connectivity index (χ4n) is 1.96. The van der Waals surface area contributed by atoms with Gasteiger partial charge < -0.3 is 5.32 Å². The molecule has 1 N–H and O–H groups in total. The zero-order valence-electron chi connectivity index (χ0n) is 10.6. The molecular formula is C14H15BrFN3. The maximum absolute atomic E-state index is 13.5.